The number of hydrogen-bond acceptors (Lipinski definition) is 12. The van der Waals surface area contributed by atoms with Crippen molar-refractivity contribution >= 4 is 111 Å². The second-order valence-corrected chi connectivity index (χ2v) is 43.9. The van der Waals surface area contributed by atoms with Gasteiger partial charge in [0.2, 0.25) is 0 Å². The minimum absolute atomic E-state index is 0.795. The van der Waals surface area contributed by atoms with E-state index < -0.39 is 111 Å². The van der Waals surface area contributed by atoms with Crippen LogP contribution >= 0.6 is 0 Å². The van der Waals surface area contributed by atoms with Crippen LogP contribution in [-0.4, -0.2) is 111 Å². The van der Waals surface area contributed by atoms with E-state index in [1.54, 1.807) is 0 Å². The third kappa shape index (κ3) is 17.7. The summed E-state index contributed by atoms with van der Waals surface area (Å²) in [5.41, 5.74) is 0. The fraction of sp³-hybridized carbons (Fsp3) is 1.00. The molecule has 2 saturated heterocycles. The van der Waals surface area contributed by atoms with Gasteiger partial charge >= 0.3 is 51.4 Å². The second kappa shape index (κ2) is 15.4. The zero-order valence-electron chi connectivity index (χ0n) is 24.1. The van der Waals surface area contributed by atoms with E-state index in [1.807, 2.05) is 0 Å². The summed E-state index contributed by atoms with van der Waals surface area (Å²) in [7, 11) is -19.0. The minimum atomic E-state index is -2.38. The Labute approximate surface area is 238 Å². The van der Waals surface area contributed by atoms with E-state index in [0.717, 1.165) is 0 Å². The molecule has 0 unspecified atom stereocenters. The van der Waals surface area contributed by atoms with E-state index in [1.165, 1.54) is 0 Å². The highest BCUT2D eigenvalue weighted by Crippen LogP contribution is 2.30. The van der Waals surface area contributed by atoms with Crippen LogP contribution in [0.3, 0.4) is 0 Å². The first-order valence-corrected chi connectivity index (χ1v) is 35.7. The van der Waals surface area contributed by atoms with Crippen molar-refractivity contribution in [2.45, 2.75) is 78.6 Å². The summed E-state index contributed by atoms with van der Waals surface area (Å²) in [6.45, 7) is 24.8. The molecule has 2 fully saturated rings. The molecule has 0 bridgehead atoms. The molecular weight excluding hydrogens is 673 g/mol. The molecule has 0 aromatic heterocycles. The van der Waals surface area contributed by atoms with Crippen molar-refractivity contribution in [2.75, 3.05) is 0 Å². The maximum absolute atomic E-state index is 6.44. The Morgan fingerprint density at radius 3 is 0.472 bits per heavy atom. The fourth-order valence-corrected chi connectivity index (χ4v) is 46.7. The summed E-state index contributed by atoms with van der Waals surface area (Å²) in [5.74, 6) is 0. The third-order valence-corrected chi connectivity index (χ3v) is 35.5. The Morgan fingerprint density at radius 1 is 0.250 bits per heavy atom. The molecule has 0 radical (unpaired) electrons. The van der Waals surface area contributed by atoms with Gasteiger partial charge in [0.1, 0.15) is 0 Å². The van der Waals surface area contributed by atoms with Gasteiger partial charge in [0.15, 0.2) is 0 Å². The molecule has 2 aliphatic heterocycles. The molecule has 0 amide bonds. The first-order valence-electron chi connectivity index (χ1n) is 11.9. The molecule has 36 heavy (non-hydrogen) atoms. The molecule has 2 heterocycles. The molecule has 0 aromatic carbocycles. The highest BCUT2D eigenvalue weighted by molar-refractivity contribution is 6.93. The lowest BCUT2D eigenvalue weighted by Crippen LogP contribution is -2.64. The summed E-state index contributed by atoms with van der Waals surface area (Å²) in [4.78, 5) is 0. The molecule has 0 atom stereocenters. The average Bonchev–Trinajstić information content (AvgIpc) is 2.54. The molecule has 0 spiro atoms. The lowest BCUT2D eigenvalue weighted by Gasteiger charge is -2.46. The average molecular weight is 722 g/mol. The zero-order valence-corrected chi connectivity index (χ0v) is 38.6. The molecule has 216 valence electrons. The Hall–Kier alpha value is 2.12. The Bertz CT molecular complexity index is 479. The summed E-state index contributed by atoms with van der Waals surface area (Å²) in [6, 6.07) is 0. The first-order chi connectivity index (χ1) is 16.2. The van der Waals surface area contributed by atoms with Gasteiger partial charge in [0.05, 0.1) is 0 Å². The van der Waals surface area contributed by atoms with Crippen LogP contribution < -0.4 is 0 Å². The van der Waals surface area contributed by atoms with Crippen LogP contribution in [0, 0.1) is 0 Å². The molecule has 2 rings (SSSR count). The fourth-order valence-electron chi connectivity index (χ4n) is 4.23. The van der Waals surface area contributed by atoms with Gasteiger partial charge in [0.25, 0.3) is 60.0 Å². The van der Waals surface area contributed by atoms with Crippen molar-refractivity contribution in [1.82, 2.24) is 0 Å². The molecule has 24 heteroatoms. The molecule has 0 saturated carbocycles. The molecule has 0 N–H and O–H groups in total. The van der Waals surface area contributed by atoms with Crippen LogP contribution in [0.5, 0.6) is 0 Å². The van der Waals surface area contributed by atoms with E-state index in [-0.39, 0.29) is 0 Å². The van der Waals surface area contributed by atoms with Gasteiger partial charge in [-0.3, -0.25) is 0 Å². The SMILES string of the molecule is C[Si]1(C)O[Si](C)(C)O[Si](C)(C)O[Si](C)(C)O[Si](C)(C)O[Si](C)(C)O1.O1[SiH2]O[SiH2]O[SiH2]O[SiH2]O[SiH2]O[SiH2]1. The van der Waals surface area contributed by atoms with Gasteiger partial charge < -0.3 is 49.4 Å². The van der Waals surface area contributed by atoms with Crippen LogP contribution in [0.15, 0.2) is 0 Å². The van der Waals surface area contributed by atoms with Crippen LogP contribution in [0.2, 0.25) is 78.6 Å². The topological polar surface area (TPSA) is 111 Å². The molecule has 12 nitrogen and oxygen atoms in total. The van der Waals surface area contributed by atoms with Gasteiger partial charge in [-0.15, -0.1) is 0 Å². The lowest BCUT2D eigenvalue weighted by molar-refractivity contribution is 0.240. The highest BCUT2D eigenvalue weighted by Gasteiger charge is 2.51. The summed E-state index contributed by atoms with van der Waals surface area (Å²) in [5, 5.41) is 0. The number of hydrogen-bond donors (Lipinski definition) is 0. The normalized spacial score (nSPS) is 33.0. The third-order valence-electron chi connectivity index (χ3n) is 3.95. The first kappa shape index (κ1) is 36.1. The standard InChI is InChI=1S/C12H36O6Si6.H12O6Si6/c1-19(2)13-20(3,4)15-22(7,8)17-24(11,12)18-23(9,10)16-21(5,6)14-19;1-7-2-9-4-11-6-12-5-10-3-8-1/h1-12H3;7-12H2. The van der Waals surface area contributed by atoms with Crippen LogP contribution in [-0.2, 0) is 49.4 Å². The molecular formula is C12H48O12Si12. The summed E-state index contributed by atoms with van der Waals surface area (Å²) in [6.07, 6.45) is 0. The molecule has 0 aromatic rings. The molecule has 2 aliphatic rings. The van der Waals surface area contributed by atoms with E-state index in [0.29, 0.717) is 0 Å². The van der Waals surface area contributed by atoms with Crippen molar-refractivity contribution in [3.63, 3.8) is 0 Å². The Balaban J connectivity index is 0.000000450. The Kier molecular flexibility index (Phi) is 15.4. The van der Waals surface area contributed by atoms with Crippen molar-refractivity contribution in [1.29, 1.82) is 0 Å². The lowest BCUT2D eigenvalue weighted by atomic mass is 11.9. The largest absolute Gasteiger partial charge is 0.425 e. The van der Waals surface area contributed by atoms with Crippen molar-refractivity contribution in [3.8, 4) is 0 Å². The van der Waals surface area contributed by atoms with E-state index in [2.05, 4.69) is 78.6 Å². The number of rotatable bonds is 0. The highest BCUT2D eigenvalue weighted by atomic mass is 28.5. The predicted octanol–water partition coefficient (Wildman–Crippen LogP) is -1.60. The second-order valence-electron chi connectivity index (χ2n) is 10.9. The van der Waals surface area contributed by atoms with Gasteiger partial charge in [-0.1, -0.05) is 0 Å². The molecule has 0 aliphatic carbocycles. The quantitative estimate of drug-likeness (QED) is 0.269. The van der Waals surface area contributed by atoms with Crippen LogP contribution in [0.25, 0.3) is 0 Å². The summed E-state index contributed by atoms with van der Waals surface area (Å²) < 4.78 is 70.1. The van der Waals surface area contributed by atoms with E-state index >= 15 is 0 Å². The van der Waals surface area contributed by atoms with Crippen LogP contribution in [0.4, 0.5) is 0 Å². The predicted molar refractivity (Wildman–Crippen MR) is 169 cm³/mol. The van der Waals surface area contributed by atoms with Gasteiger partial charge in [0, 0.05) is 0 Å². The van der Waals surface area contributed by atoms with Crippen molar-refractivity contribution in [3.05, 3.63) is 0 Å². The minimum Gasteiger partial charge on any atom is -0.425 e. The zero-order chi connectivity index (χ0) is 27.7. The van der Waals surface area contributed by atoms with E-state index in [4.69, 9.17) is 49.4 Å². The van der Waals surface area contributed by atoms with Crippen molar-refractivity contribution < 1.29 is 49.4 Å². The van der Waals surface area contributed by atoms with Gasteiger partial charge in [-0.25, -0.2) is 0 Å². The summed E-state index contributed by atoms with van der Waals surface area (Å²) >= 11 is 0. The Morgan fingerprint density at radius 2 is 0.361 bits per heavy atom. The van der Waals surface area contributed by atoms with Gasteiger partial charge in [-0.05, 0) is 78.6 Å². The monoisotopic (exact) mass is 720 g/mol. The maximum Gasteiger partial charge on any atom is 0.314 e. The van der Waals surface area contributed by atoms with Gasteiger partial charge in [-0.2, -0.15) is 0 Å². The van der Waals surface area contributed by atoms with E-state index in [9.17, 15) is 0 Å². The maximum atomic E-state index is 6.44. The smallest absolute Gasteiger partial charge is 0.314 e. The van der Waals surface area contributed by atoms with Crippen molar-refractivity contribution in [2.24, 2.45) is 0 Å². The van der Waals surface area contributed by atoms with Crippen LogP contribution in [0.1, 0.15) is 0 Å².